The molecule has 1 saturated carbocycles. The molecule has 1 spiro atoms. The number of carbonyl (C=O) groups is 1. The van der Waals surface area contributed by atoms with Gasteiger partial charge in [0.05, 0.1) is 5.82 Å². The molecule has 0 unspecified atom stereocenters. The fourth-order valence-corrected chi connectivity index (χ4v) is 3.16. The molecule has 0 aromatic heterocycles. The minimum atomic E-state index is -1.05. The van der Waals surface area contributed by atoms with Crippen LogP contribution in [0.3, 0.4) is 0 Å². The van der Waals surface area contributed by atoms with Crippen molar-refractivity contribution in [2.24, 2.45) is 17.2 Å². The fourth-order valence-electron chi connectivity index (χ4n) is 3.16. The maximum atomic E-state index is 11.6. The van der Waals surface area contributed by atoms with Gasteiger partial charge in [-0.05, 0) is 38.3 Å². The standard InChI is InChI=1S/C15H17NO4.C5H10N2.2C4H10.C2H6.CH5N/c16-12-13(17)19-15(20-14(12)18)8-6-11(7-9-15)10-4-2-1-3-5-10;1-4(2)7-5(3)6;2*1-3-4-2;2*1-2/h1-5,11,17H,6-9,16H2;7H,1,3,6H2,2H3;2*3-4H2,1-2H3;1-2H3;2H2,1H3. The summed E-state index contributed by atoms with van der Waals surface area (Å²) in [6, 6.07) is 10.2. The highest BCUT2D eigenvalue weighted by atomic mass is 16.8. The molecule has 2 aliphatic rings. The third-order valence-electron chi connectivity index (χ3n) is 5.40. The molecular formula is C31H58N4O4. The van der Waals surface area contributed by atoms with Crippen LogP contribution in [0.1, 0.15) is 111 Å². The Kier molecular flexibility index (Phi) is 26.0. The largest absolute Gasteiger partial charge is 0.479 e. The van der Waals surface area contributed by atoms with Crippen LogP contribution in [-0.4, -0.2) is 23.9 Å². The van der Waals surface area contributed by atoms with Crippen molar-refractivity contribution in [1.82, 2.24) is 5.32 Å². The van der Waals surface area contributed by atoms with Gasteiger partial charge >= 0.3 is 11.9 Å². The van der Waals surface area contributed by atoms with Crippen LogP contribution in [0.25, 0.3) is 0 Å². The van der Waals surface area contributed by atoms with Crippen LogP contribution in [0, 0.1) is 0 Å². The first-order chi connectivity index (χ1) is 18.6. The molecule has 1 aliphatic heterocycles. The molecule has 0 saturated heterocycles. The van der Waals surface area contributed by atoms with Gasteiger partial charge in [-0.3, -0.25) is 0 Å². The van der Waals surface area contributed by atoms with Crippen LogP contribution in [0.15, 0.2) is 66.6 Å². The summed E-state index contributed by atoms with van der Waals surface area (Å²) in [5.41, 5.74) is 16.7. The van der Waals surface area contributed by atoms with Gasteiger partial charge in [-0.25, -0.2) is 4.79 Å². The smallest absolute Gasteiger partial charge is 0.364 e. The van der Waals surface area contributed by atoms with Crippen LogP contribution in [0.2, 0.25) is 0 Å². The Bertz CT molecular complexity index is 782. The van der Waals surface area contributed by atoms with E-state index < -0.39 is 17.7 Å². The van der Waals surface area contributed by atoms with Gasteiger partial charge in [0.1, 0.15) is 0 Å². The summed E-state index contributed by atoms with van der Waals surface area (Å²) in [4.78, 5) is 11.6. The third kappa shape index (κ3) is 18.7. The van der Waals surface area contributed by atoms with E-state index in [9.17, 15) is 9.90 Å². The fraction of sp³-hybridized carbons (Fsp3) is 0.581. The van der Waals surface area contributed by atoms with Crippen LogP contribution in [0.5, 0.6) is 0 Å². The second-order valence-electron chi connectivity index (χ2n) is 8.74. The molecule has 8 nitrogen and oxygen atoms in total. The van der Waals surface area contributed by atoms with Crippen LogP contribution in [0.4, 0.5) is 0 Å². The number of rotatable bonds is 5. The average Bonchev–Trinajstić information content (AvgIpc) is 2.94. The molecule has 1 aliphatic carbocycles. The summed E-state index contributed by atoms with van der Waals surface area (Å²) in [5.74, 6) is -1.40. The van der Waals surface area contributed by atoms with E-state index >= 15 is 0 Å². The number of carbonyl (C=O) groups excluding carboxylic acids is 1. The van der Waals surface area contributed by atoms with Crippen LogP contribution < -0.4 is 22.5 Å². The first-order valence-electron chi connectivity index (χ1n) is 14.2. The van der Waals surface area contributed by atoms with Gasteiger partial charge in [0.15, 0.2) is 5.70 Å². The number of unbranched alkanes of at least 4 members (excludes halogenated alkanes) is 2. The lowest BCUT2D eigenvalue weighted by Crippen LogP contribution is -2.46. The Morgan fingerprint density at radius 2 is 1.41 bits per heavy atom. The molecule has 8 heteroatoms. The van der Waals surface area contributed by atoms with Crippen molar-refractivity contribution in [3.05, 3.63) is 72.2 Å². The summed E-state index contributed by atoms with van der Waals surface area (Å²) >= 11 is 0. The highest BCUT2D eigenvalue weighted by Crippen LogP contribution is 2.43. The Morgan fingerprint density at radius 1 is 0.974 bits per heavy atom. The van der Waals surface area contributed by atoms with Crippen molar-refractivity contribution in [1.29, 1.82) is 0 Å². The van der Waals surface area contributed by atoms with Gasteiger partial charge in [0, 0.05) is 18.5 Å². The summed E-state index contributed by atoms with van der Waals surface area (Å²) in [6.45, 7) is 21.5. The molecule has 0 atom stereocenters. The topological polar surface area (TPSA) is 146 Å². The first-order valence-corrected chi connectivity index (χ1v) is 14.2. The minimum absolute atomic E-state index is 0.360. The molecule has 1 heterocycles. The van der Waals surface area contributed by atoms with Gasteiger partial charge in [0.25, 0.3) is 5.79 Å². The van der Waals surface area contributed by atoms with E-state index in [0.717, 1.165) is 18.5 Å². The molecule has 39 heavy (non-hydrogen) atoms. The first kappa shape index (κ1) is 40.4. The Morgan fingerprint density at radius 3 is 1.72 bits per heavy atom. The third-order valence-corrected chi connectivity index (χ3v) is 5.40. The Labute approximate surface area is 238 Å². The van der Waals surface area contributed by atoms with Crippen molar-refractivity contribution in [2.45, 2.75) is 112 Å². The molecule has 1 aromatic carbocycles. The number of hydrogen-bond donors (Lipinski definition) is 5. The van der Waals surface area contributed by atoms with E-state index in [1.165, 1.54) is 38.3 Å². The number of ether oxygens (including phenoxy) is 2. The molecule has 1 fully saturated rings. The zero-order valence-electron chi connectivity index (χ0n) is 25.9. The van der Waals surface area contributed by atoms with Crippen molar-refractivity contribution >= 4 is 5.97 Å². The normalized spacial score (nSPS) is 18.6. The second-order valence-corrected chi connectivity index (χ2v) is 8.74. The summed E-state index contributed by atoms with van der Waals surface area (Å²) < 4.78 is 10.6. The second kappa shape index (κ2) is 25.2. The number of allylic oxidation sites excluding steroid dienone is 1. The summed E-state index contributed by atoms with van der Waals surface area (Å²) in [7, 11) is 1.50. The average molecular weight is 551 g/mol. The number of benzene rings is 1. The predicted octanol–water partition coefficient (Wildman–Crippen LogP) is 7.05. The zero-order valence-corrected chi connectivity index (χ0v) is 25.9. The number of nitrogens with two attached hydrogens (primary N) is 3. The predicted molar refractivity (Wildman–Crippen MR) is 165 cm³/mol. The maximum Gasteiger partial charge on any atom is 0.364 e. The Hall–Kier alpha value is -3.13. The number of nitrogens with one attached hydrogen (secondary N) is 1. The van der Waals surface area contributed by atoms with E-state index in [2.05, 4.69) is 64.0 Å². The highest BCUT2D eigenvalue weighted by Gasteiger charge is 2.46. The van der Waals surface area contributed by atoms with Gasteiger partial charge in [-0.1, -0.05) is 111 Å². The molecule has 1 aromatic rings. The van der Waals surface area contributed by atoms with Crippen LogP contribution >= 0.6 is 0 Å². The molecule has 0 amide bonds. The van der Waals surface area contributed by atoms with E-state index in [1.54, 1.807) is 0 Å². The van der Waals surface area contributed by atoms with Gasteiger partial charge in [0.2, 0.25) is 0 Å². The van der Waals surface area contributed by atoms with Crippen molar-refractivity contribution in [3.63, 3.8) is 0 Å². The van der Waals surface area contributed by atoms with Crippen LogP contribution in [-0.2, 0) is 14.3 Å². The molecule has 226 valence electrons. The molecular weight excluding hydrogens is 492 g/mol. The van der Waals surface area contributed by atoms with Gasteiger partial charge in [-0.2, -0.15) is 0 Å². The molecule has 0 radical (unpaired) electrons. The summed E-state index contributed by atoms with van der Waals surface area (Å²) in [5, 5.41) is 12.3. The maximum absolute atomic E-state index is 11.6. The van der Waals surface area contributed by atoms with Crippen molar-refractivity contribution in [2.75, 3.05) is 7.05 Å². The van der Waals surface area contributed by atoms with E-state index in [4.69, 9.17) is 20.9 Å². The molecule has 0 bridgehead atoms. The lowest BCUT2D eigenvalue weighted by Gasteiger charge is -2.40. The molecule has 8 N–H and O–H groups in total. The quantitative estimate of drug-likeness (QED) is 0.245. The van der Waals surface area contributed by atoms with Crippen molar-refractivity contribution in [3.8, 4) is 0 Å². The highest BCUT2D eigenvalue weighted by molar-refractivity contribution is 5.88. The number of esters is 1. The van der Waals surface area contributed by atoms with E-state index in [0.29, 0.717) is 24.6 Å². The number of aliphatic hydroxyl groups excluding tert-OH is 1. The van der Waals surface area contributed by atoms with Gasteiger partial charge in [-0.15, -0.1) is 0 Å². The number of hydrogen-bond acceptors (Lipinski definition) is 8. The van der Waals surface area contributed by atoms with E-state index in [-0.39, 0.29) is 5.70 Å². The molecule has 3 rings (SSSR count). The minimum Gasteiger partial charge on any atom is -0.479 e. The van der Waals surface area contributed by atoms with Crippen molar-refractivity contribution < 1.29 is 19.4 Å². The van der Waals surface area contributed by atoms with E-state index in [1.807, 2.05) is 39.0 Å². The monoisotopic (exact) mass is 550 g/mol. The lowest BCUT2D eigenvalue weighted by molar-refractivity contribution is -0.251. The number of aliphatic hydroxyl groups is 1. The lowest BCUT2D eigenvalue weighted by atomic mass is 9.81. The zero-order chi connectivity index (χ0) is 30.9. The summed E-state index contributed by atoms with van der Waals surface area (Å²) in [6.07, 6.45) is 8.06. The SMILES string of the molecule is C=C(C)NC(=C)N.CC.CCCC.CCCC.CN.NC1=C(O)OC2(CCC(c3ccccc3)CC2)OC1=O. The Balaban J connectivity index is -0.000000566. The van der Waals surface area contributed by atoms with Gasteiger partial charge < -0.3 is 37.1 Å².